The Hall–Kier alpha value is -1.21. The van der Waals surface area contributed by atoms with E-state index in [4.69, 9.17) is 4.74 Å². The van der Waals surface area contributed by atoms with Gasteiger partial charge in [0.05, 0.1) is 18.8 Å². The number of carbonyl (C=O) groups excluding carboxylic acids is 1. The summed E-state index contributed by atoms with van der Waals surface area (Å²) in [7, 11) is 0. The first-order chi connectivity index (χ1) is 9.82. The van der Waals surface area contributed by atoms with Crippen LogP contribution in [0.3, 0.4) is 0 Å². The minimum absolute atomic E-state index is 0.250. The SMILES string of the molecule is CCOC(=O)c1nnn(Cc2cc(Br)cs2)c1C(C)(C)C. The molecule has 0 saturated heterocycles. The summed E-state index contributed by atoms with van der Waals surface area (Å²) in [6, 6.07) is 2.04. The molecule has 0 unspecified atom stereocenters. The fourth-order valence-corrected chi connectivity index (χ4v) is 3.52. The van der Waals surface area contributed by atoms with Gasteiger partial charge in [0.15, 0.2) is 5.69 Å². The molecule has 0 N–H and O–H groups in total. The molecule has 0 aliphatic carbocycles. The first-order valence-corrected chi connectivity index (χ1v) is 8.34. The summed E-state index contributed by atoms with van der Waals surface area (Å²) >= 11 is 5.08. The molecule has 0 aromatic carbocycles. The van der Waals surface area contributed by atoms with Gasteiger partial charge in [-0.3, -0.25) is 0 Å². The van der Waals surface area contributed by atoms with E-state index < -0.39 is 5.97 Å². The molecule has 0 radical (unpaired) electrons. The van der Waals surface area contributed by atoms with Crippen molar-refractivity contribution in [3.63, 3.8) is 0 Å². The minimum Gasteiger partial charge on any atom is -0.461 e. The van der Waals surface area contributed by atoms with E-state index in [1.807, 2.05) is 32.2 Å². The van der Waals surface area contributed by atoms with Crippen LogP contribution in [-0.2, 0) is 16.7 Å². The minimum atomic E-state index is -0.416. The highest BCUT2D eigenvalue weighted by molar-refractivity contribution is 9.10. The van der Waals surface area contributed by atoms with Crippen molar-refractivity contribution in [1.29, 1.82) is 0 Å². The molecule has 21 heavy (non-hydrogen) atoms. The van der Waals surface area contributed by atoms with E-state index in [-0.39, 0.29) is 5.41 Å². The van der Waals surface area contributed by atoms with Crippen molar-refractivity contribution in [3.05, 3.63) is 32.2 Å². The van der Waals surface area contributed by atoms with Gasteiger partial charge in [-0.1, -0.05) is 26.0 Å². The van der Waals surface area contributed by atoms with Crippen molar-refractivity contribution >= 4 is 33.2 Å². The number of halogens is 1. The molecular formula is C14H18BrN3O2S. The zero-order chi connectivity index (χ0) is 15.6. The van der Waals surface area contributed by atoms with Crippen molar-refractivity contribution in [3.8, 4) is 0 Å². The average molecular weight is 372 g/mol. The molecule has 0 amide bonds. The number of thiophene rings is 1. The monoisotopic (exact) mass is 371 g/mol. The fourth-order valence-electron chi connectivity index (χ4n) is 2.09. The molecule has 0 atom stereocenters. The molecule has 114 valence electrons. The molecule has 0 bridgehead atoms. The number of esters is 1. The highest BCUT2D eigenvalue weighted by atomic mass is 79.9. The molecule has 2 rings (SSSR count). The van der Waals surface area contributed by atoms with Crippen LogP contribution in [-0.4, -0.2) is 27.6 Å². The van der Waals surface area contributed by atoms with Gasteiger partial charge in [-0.15, -0.1) is 16.4 Å². The van der Waals surface area contributed by atoms with Crippen LogP contribution in [0.4, 0.5) is 0 Å². The molecule has 7 heteroatoms. The molecule has 2 aromatic rings. The van der Waals surface area contributed by atoms with Crippen molar-refractivity contribution in [1.82, 2.24) is 15.0 Å². The maximum absolute atomic E-state index is 12.0. The van der Waals surface area contributed by atoms with E-state index >= 15 is 0 Å². The van der Waals surface area contributed by atoms with E-state index in [1.165, 1.54) is 0 Å². The van der Waals surface area contributed by atoms with Gasteiger partial charge in [0.1, 0.15) is 0 Å². The number of rotatable bonds is 4. The Morgan fingerprint density at radius 1 is 1.48 bits per heavy atom. The van der Waals surface area contributed by atoms with E-state index in [1.54, 1.807) is 22.9 Å². The van der Waals surface area contributed by atoms with Crippen LogP contribution in [0.2, 0.25) is 0 Å². The van der Waals surface area contributed by atoms with Gasteiger partial charge in [-0.2, -0.15) is 0 Å². The summed E-state index contributed by atoms with van der Waals surface area (Å²) in [6.45, 7) is 8.81. The molecule has 0 saturated carbocycles. The highest BCUT2D eigenvalue weighted by Crippen LogP contribution is 2.27. The van der Waals surface area contributed by atoms with Crippen molar-refractivity contribution in [2.45, 2.75) is 39.7 Å². The summed E-state index contributed by atoms with van der Waals surface area (Å²) in [5.74, 6) is -0.416. The third kappa shape index (κ3) is 3.71. The van der Waals surface area contributed by atoms with E-state index in [0.29, 0.717) is 18.8 Å². The second kappa shape index (κ2) is 6.27. The Bertz CT molecular complexity index is 643. The standard InChI is InChI=1S/C14H18BrN3O2S/c1-5-20-13(19)11-12(14(2,3)4)18(17-16-11)7-10-6-9(15)8-21-10/h6,8H,5,7H2,1-4H3. The number of ether oxygens (including phenoxy) is 1. The predicted molar refractivity (Wildman–Crippen MR) is 85.8 cm³/mol. The van der Waals surface area contributed by atoms with E-state index in [0.717, 1.165) is 15.0 Å². The maximum atomic E-state index is 12.0. The lowest BCUT2D eigenvalue weighted by atomic mass is 9.90. The van der Waals surface area contributed by atoms with Crippen molar-refractivity contribution in [2.75, 3.05) is 6.61 Å². The lowest BCUT2D eigenvalue weighted by Gasteiger charge is -2.20. The Morgan fingerprint density at radius 2 is 2.19 bits per heavy atom. The van der Waals surface area contributed by atoms with Crippen LogP contribution >= 0.6 is 27.3 Å². The normalized spacial score (nSPS) is 11.7. The largest absolute Gasteiger partial charge is 0.461 e. The number of aromatic nitrogens is 3. The lowest BCUT2D eigenvalue weighted by molar-refractivity contribution is 0.0516. The van der Waals surface area contributed by atoms with Crippen molar-refractivity contribution in [2.24, 2.45) is 0 Å². The smallest absolute Gasteiger partial charge is 0.360 e. The average Bonchev–Trinajstić information content (AvgIpc) is 2.96. The zero-order valence-corrected chi connectivity index (χ0v) is 14.9. The van der Waals surface area contributed by atoms with Crippen LogP contribution in [0.1, 0.15) is 48.8 Å². The van der Waals surface area contributed by atoms with Crippen LogP contribution < -0.4 is 0 Å². The van der Waals surface area contributed by atoms with Gasteiger partial charge >= 0.3 is 5.97 Å². The highest BCUT2D eigenvalue weighted by Gasteiger charge is 2.30. The summed E-state index contributed by atoms with van der Waals surface area (Å²) < 4.78 is 7.90. The number of hydrogen-bond acceptors (Lipinski definition) is 5. The van der Waals surface area contributed by atoms with Crippen LogP contribution in [0.15, 0.2) is 15.9 Å². The Morgan fingerprint density at radius 3 is 2.71 bits per heavy atom. The van der Waals surface area contributed by atoms with Gasteiger partial charge in [0.25, 0.3) is 0 Å². The molecule has 5 nitrogen and oxygen atoms in total. The first-order valence-electron chi connectivity index (χ1n) is 6.67. The molecular weight excluding hydrogens is 354 g/mol. The van der Waals surface area contributed by atoms with Crippen LogP contribution in [0.5, 0.6) is 0 Å². The Balaban J connectivity index is 2.39. The van der Waals surface area contributed by atoms with Gasteiger partial charge < -0.3 is 4.74 Å². The van der Waals surface area contributed by atoms with Crippen LogP contribution in [0, 0.1) is 0 Å². The van der Waals surface area contributed by atoms with Gasteiger partial charge in [-0.05, 0) is 28.9 Å². The third-order valence-electron chi connectivity index (χ3n) is 2.84. The molecule has 2 aromatic heterocycles. The molecule has 0 aliphatic heterocycles. The molecule has 0 aliphatic rings. The fraction of sp³-hybridized carbons (Fsp3) is 0.500. The lowest BCUT2D eigenvalue weighted by Crippen LogP contribution is -2.22. The first kappa shape index (κ1) is 16.2. The quantitative estimate of drug-likeness (QED) is 0.770. The summed E-state index contributed by atoms with van der Waals surface area (Å²) in [5.41, 5.74) is 0.852. The van der Waals surface area contributed by atoms with E-state index in [2.05, 4.69) is 26.2 Å². The number of nitrogens with zero attached hydrogens (tertiary/aromatic N) is 3. The molecule has 0 spiro atoms. The second-order valence-corrected chi connectivity index (χ2v) is 7.56. The van der Waals surface area contributed by atoms with E-state index in [9.17, 15) is 4.79 Å². The summed E-state index contributed by atoms with van der Waals surface area (Å²) in [6.07, 6.45) is 0. The zero-order valence-electron chi connectivity index (χ0n) is 12.5. The Labute approximate surface area is 136 Å². The Kier molecular flexibility index (Phi) is 4.83. The van der Waals surface area contributed by atoms with Gasteiger partial charge in [0.2, 0.25) is 0 Å². The number of carbonyl (C=O) groups is 1. The van der Waals surface area contributed by atoms with Gasteiger partial charge in [0, 0.05) is 20.1 Å². The summed E-state index contributed by atoms with van der Waals surface area (Å²) in [4.78, 5) is 13.2. The van der Waals surface area contributed by atoms with Crippen molar-refractivity contribution < 1.29 is 9.53 Å². The molecule has 0 fully saturated rings. The third-order valence-corrected chi connectivity index (χ3v) is 4.52. The molecule has 2 heterocycles. The van der Waals surface area contributed by atoms with Crippen LogP contribution in [0.25, 0.3) is 0 Å². The maximum Gasteiger partial charge on any atom is 0.360 e. The summed E-state index contributed by atoms with van der Waals surface area (Å²) in [5, 5.41) is 10.2. The predicted octanol–water partition coefficient (Wildman–Crippen LogP) is 3.62. The number of hydrogen-bond donors (Lipinski definition) is 0. The topological polar surface area (TPSA) is 57.0 Å². The second-order valence-electron chi connectivity index (χ2n) is 5.65. The van der Waals surface area contributed by atoms with Gasteiger partial charge in [-0.25, -0.2) is 9.48 Å².